The molecule has 7 heteroatoms. The number of rotatable bonds is 6. The Morgan fingerprint density at radius 2 is 1.97 bits per heavy atom. The lowest BCUT2D eigenvalue weighted by Gasteiger charge is -2.31. The summed E-state index contributed by atoms with van der Waals surface area (Å²) < 4.78 is 16.0. The molecule has 1 atom stereocenters. The molecule has 7 nitrogen and oxygen atoms in total. The second-order valence-corrected chi connectivity index (χ2v) is 8.21. The molecule has 0 radical (unpaired) electrons. The zero-order valence-corrected chi connectivity index (χ0v) is 19.1. The number of ether oxygens (including phenoxy) is 2. The number of carbonyl (C=O) groups is 2. The van der Waals surface area contributed by atoms with Crippen LogP contribution in [0.25, 0.3) is 11.0 Å². The third kappa shape index (κ3) is 4.62. The van der Waals surface area contributed by atoms with Gasteiger partial charge in [-0.25, -0.2) is 4.79 Å². The lowest BCUT2D eigenvalue weighted by atomic mass is 10.0. The Kier molecular flexibility index (Phi) is 6.49. The van der Waals surface area contributed by atoms with Gasteiger partial charge in [0.05, 0.1) is 7.11 Å². The van der Waals surface area contributed by atoms with Gasteiger partial charge in [0.25, 0.3) is 5.91 Å². The Bertz CT molecular complexity index is 1260. The van der Waals surface area contributed by atoms with Gasteiger partial charge in [0.15, 0.2) is 6.10 Å². The fourth-order valence-corrected chi connectivity index (χ4v) is 4.31. The van der Waals surface area contributed by atoms with E-state index in [-0.39, 0.29) is 18.7 Å². The Hall–Kier alpha value is -3.61. The largest absolute Gasteiger partial charge is 0.497 e. The molecule has 2 heterocycles. The first-order chi connectivity index (χ1) is 15.9. The molecule has 3 aromatic rings. The smallest absolute Gasteiger partial charge is 0.339 e. The van der Waals surface area contributed by atoms with Crippen molar-refractivity contribution in [2.24, 2.45) is 0 Å². The molecule has 1 aliphatic heterocycles. The summed E-state index contributed by atoms with van der Waals surface area (Å²) in [5, 5.41) is 0.783. The number of para-hydroxylation sites is 1. The van der Waals surface area contributed by atoms with Crippen molar-refractivity contribution in [2.75, 3.05) is 18.6 Å². The van der Waals surface area contributed by atoms with Gasteiger partial charge < -0.3 is 18.8 Å². The predicted octanol–water partition coefficient (Wildman–Crippen LogP) is 3.95. The fourth-order valence-electron chi connectivity index (χ4n) is 4.31. The number of amides is 1. The van der Waals surface area contributed by atoms with Crippen LogP contribution in [0.3, 0.4) is 0 Å². The van der Waals surface area contributed by atoms with E-state index in [2.05, 4.69) is 0 Å². The SMILES string of the molecule is COc1ccc2c(C)c(CCC(=O)OC(C)C(=O)N3CCCc4ccccc43)c(=O)oc2c1. The van der Waals surface area contributed by atoms with Crippen LogP contribution in [0, 0.1) is 6.92 Å². The van der Waals surface area contributed by atoms with Crippen LogP contribution in [0.1, 0.15) is 36.5 Å². The maximum absolute atomic E-state index is 13.0. The monoisotopic (exact) mass is 449 g/mol. The highest BCUT2D eigenvalue weighted by molar-refractivity contribution is 5.98. The van der Waals surface area contributed by atoms with E-state index in [4.69, 9.17) is 13.9 Å². The highest BCUT2D eigenvalue weighted by Crippen LogP contribution is 2.28. The topological polar surface area (TPSA) is 86.0 Å². The van der Waals surface area contributed by atoms with Crippen molar-refractivity contribution < 1.29 is 23.5 Å². The van der Waals surface area contributed by atoms with Gasteiger partial charge in [0.1, 0.15) is 11.3 Å². The number of benzene rings is 2. The van der Waals surface area contributed by atoms with Crippen molar-refractivity contribution in [3.05, 3.63) is 69.6 Å². The summed E-state index contributed by atoms with van der Waals surface area (Å²) in [6, 6.07) is 13.1. The minimum atomic E-state index is -0.912. The summed E-state index contributed by atoms with van der Waals surface area (Å²) in [7, 11) is 1.54. The standard InChI is InChI=1S/C26H27NO6/c1-16-20-11-10-19(31-3)15-23(20)33-26(30)21(16)12-13-24(28)32-17(2)25(29)27-14-6-8-18-7-4-5-9-22(18)27/h4-5,7,9-11,15,17H,6,8,12-14H2,1-3H3. The number of hydrogen-bond donors (Lipinski definition) is 0. The first-order valence-corrected chi connectivity index (χ1v) is 11.1. The lowest BCUT2D eigenvalue weighted by molar-refractivity contribution is -0.153. The average molecular weight is 450 g/mol. The molecule has 1 aromatic heterocycles. The van der Waals surface area contributed by atoms with Crippen LogP contribution in [0.2, 0.25) is 0 Å². The summed E-state index contributed by atoms with van der Waals surface area (Å²) >= 11 is 0. The summed E-state index contributed by atoms with van der Waals surface area (Å²) in [6.07, 6.45) is 1.02. The van der Waals surface area contributed by atoms with Gasteiger partial charge >= 0.3 is 11.6 Å². The molecular formula is C26H27NO6. The van der Waals surface area contributed by atoms with E-state index in [0.717, 1.165) is 35.0 Å². The molecule has 1 aliphatic rings. The number of fused-ring (bicyclic) bond motifs is 2. The minimum absolute atomic E-state index is 0.0263. The molecule has 33 heavy (non-hydrogen) atoms. The van der Waals surface area contributed by atoms with E-state index in [1.165, 1.54) is 0 Å². The van der Waals surface area contributed by atoms with E-state index in [9.17, 15) is 14.4 Å². The molecule has 0 fully saturated rings. The van der Waals surface area contributed by atoms with Crippen molar-refractivity contribution in [1.82, 2.24) is 0 Å². The van der Waals surface area contributed by atoms with E-state index in [0.29, 0.717) is 23.4 Å². The normalized spacial score (nSPS) is 14.0. The summed E-state index contributed by atoms with van der Waals surface area (Å²) in [4.78, 5) is 39.6. The number of anilines is 1. The van der Waals surface area contributed by atoms with E-state index < -0.39 is 17.7 Å². The van der Waals surface area contributed by atoms with Crippen molar-refractivity contribution >= 4 is 28.5 Å². The van der Waals surface area contributed by atoms with Crippen molar-refractivity contribution in [3.8, 4) is 5.75 Å². The van der Waals surface area contributed by atoms with Gasteiger partial charge in [-0.1, -0.05) is 18.2 Å². The lowest BCUT2D eigenvalue weighted by Crippen LogP contribution is -2.42. The second-order valence-electron chi connectivity index (χ2n) is 8.21. The molecule has 172 valence electrons. The predicted molar refractivity (Wildman–Crippen MR) is 125 cm³/mol. The van der Waals surface area contributed by atoms with Crippen LogP contribution in [0.5, 0.6) is 5.75 Å². The van der Waals surface area contributed by atoms with Gasteiger partial charge in [-0.05, 0) is 62.4 Å². The molecule has 4 rings (SSSR count). The van der Waals surface area contributed by atoms with Crippen LogP contribution in [0.15, 0.2) is 51.7 Å². The molecule has 0 spiro atoms. The number of esters is 1. The highest BCUT2D eigenvalue weighted by Gasteiger charge is 2.28. The summed E-state index contributed by atoms with van der Waals surface area (Å²) in [5.74, 6) is -0.183. The Labute approximate surface area is 191 Å². The van der Waals surface area contributed by atoms with Gasteiger partial charge in [-0.15, -0.1) is 0 Å². The first kappa shape index (κ1) is 22.6. The maximum Gasteiger partial charge on any atom is 0.339 e. The summed E-state index contributed by atoms with van der Waals surface area (Å²) in [5.41, 5.74) is 3.11. The Morgan fingerprint density at radius 3 is 2.76 bits per heavy atom. The Morgan fingerprint density at radius 1 is 1.18 bits per heavy atom. The maximum atomic E-state index is 13.0. The van der Waals surface area contributed by atoms with Crippen molar-refractivity contribution in [3.63, 3.8) is 0 Å². The molecule has 0 aliphatic carbocycles. The number of carbonyl (C=O) groups excluding carboxylic acids is 2. The van der Waals surface area contributed by atoms with Gasteiger partial charge in [0, 0.05) is 35.7 Å². The highest BCUT2D eigenvalue weighted by atomic mass is 16.5. The van der Waals surface area contributed by atoms with Crippen molar-refractivity contribution in [1.29, 1.82) is 0 Å². The third-order valence-corrected chi connectivity index (χ3v) is 6.11. The number of hydrogen-bond acceptors (Lipinski definition) is 6. The molecular weight excluding hydrogens is 422 g/mol. The number of nitrogens with zero attached hydrogens (tertiary/aromatic N) is 1. The van der Waals surface area contributed by atoms with Crippen LogP contribution >= 0.6 is 0 Å². The second kappa shape index (κ2) is 9.48. The van der Waals surface area contributed by atoms with E-state index in [1.807, 2.05) is 37.3 Å². The van der Waals surface area contributed by atoms with E-state index in [1.54, 1.807) is 31.1 Å². The quantitative estimate of drug-likeness (QED) is 0.418. The van der Waals surface area contributed by atoms with Gasteiger partial charge in [0.2, 0.25) is 0 Å². The average Bonchev–Trinajstić information content (AvgIpc) is 2.82. The molecule has 2 aromatic carbocycles. The zero-order chi connectivity index (χ0) is 23.5. The van der Waals surface area contributed by atoms with Crippen LogP contribution < -0.4 is 15.3 Å². The van der Waals surface area contributed by atoms with Crippen LogP contribution in [-0.2, 0) is 27.2 Å². The summed E-state index contributed by atoms with van der Waals surface area (Å²) in [6.45, 7) is 4.01. The molecule has 0 saturated heterocycles. The van der Waals surface area contributed by atoms with Crippen LogP contribution in [-0.4, -0.2) is 31.6 Å². The van der Waals surface area contributed by atoms with Gasteiger partial charge in [-0.3, -0.25) is 9.59 Å². The molecule has 0 N–H and O–H groups in total. The van der Waals surface area contributed by atoms with E-state index >= 15 is 0 Å². The number of aryl methyl sites for hydroxylation is 2. The molecule has 1 amide bonds. The molecule has 0 saturated carbocycles. The number of methoxy groups -OCH3 is 1. The van der Waals surface area contributed by atoms with Gasteiger partial charge in [-0.2, -0.15) is 0 Å². The van der Waals surface area contributed by atoms with Crippen LogP contribution in [0.4, 0.5) is 5.69 Å². The first-order valence-electron chi connectivity index (χ1n) is 11.1. The molecule has 1 unspecified atom stereocenters. The fraction of sp³-hybridized carbons (Fsp3) is 0.346. The molecule has 0 bridgehead atoms. The minimum Gasteiger partial charge on any atom is -0.497 e. The third-order valence-electron chi connectivity index (χ3n) is 6.11. The zero-order valence-electron chi connectivity index (χ0n) is 19.1. The Balaban J connectivity index is 1.42. The van der Waals surface area contributed by atoms with Crippen molar-refractivity contribution in [2.45, 2.75) is 45.6 Å².